The van der Waals surface area contributed by atoms with Crippen LogP contribution in [0.3, 0.4) is 0 Å². The molecule has 2 fully saturated rings. The van der Waals surface area contributed by atoms with Crippen LogP contribution in [0.15, 0.2) is 0 Å². The topological polar surface area (TPSA) is 12.0 Å². The normalized spacial score (nSPS) is 35.8. The lowest BCUT2D eigenvalue weighted by atomic mass is 9.85. The number of hydrogen-bond donors (Lipinski definition) is 1. The summed E-state index contributed by atoms with van der Waals surface area (Å²) >= 11 is 6.26. The highest BCUT2D eigenvalue weighted by Crippen LogP contribution is 2.27. The molecule has 1 nitrogen and oxygen atoms in total. The van der Waals surface area contributed by atoms with Gasteiger partial charge in [-0.2, -0.15) is 0 Å². The lowest BCUT2D eigenvalue weighted by Gasteiger charge is -2.32. The predicted octanol–water partition coefficient (Wildman–Crippen LogP) is 2.93. The minimum absolute atomic E-state index is 0.397. The van der Waals surface area contributed by atoms with Gasteiger partial charge >= 0.3 is 0 Å². The molecule has 0 amide bonds. The average molecular weight is 202 g/mol. The van der Waals surface area contributed by atoms with E-state index in [2.05, 4.69) is 5.32 Å². The minimum atomic E-state index is 0.397. The Balaban J connectivity index is 1.66. The fraction of sp³-hybridized carbons (Fsp3) is 1.00. The summed E-state index contributed by atoms with van der Waals surface area (Å²) in [6.07, 6.45) is 9.52. The molecule has 2 saturated carbocycles. The predicted molar refractivity (Wildman–Crippen MR) is 57.2 cm³/mol. The SMILES string of the molecule is ClC1CCCCC1NCC1CCC1. The highest BCUT2D eigenvalue weighted by molar-refractivity contribution is 6.21. The highest BCUT2D eigenvalue weighted by Gasteiger charge is 2.24. The van der Waals surface area contributed by atoms with Crippen LogP contribution in [0.2, 0.25) is 0 Å². The summed E-state index contributed by atoms with van der Waals surface area (Å²) in [4.78, 5) is 0. The van der Waals surface area contributed by atoms with Gasteiger partial charge in [-0.25, -0.2) is 0 Å². The average Bonchev–Trinajstić information content (AvgIpc) is 2.05. The van der Waals surface area contributed by atoms with E-state index in [4.69, 9.17) is 11.6 Å². The number of rotatable bonds is 3. The Morgan fingerprint density at radius 1 is 1.00 bits per heavy atom. The quantitative estimate of drug-likeness (QED) is 0.693. The van der Waals surface area contributed by atoms with Crippen LogP contribution in [0.4, 0.5) is 0 Å². The van der Waals surface area contributed by atoms with Crippen LogP contribution in [0, 0.1) is 5.92 Å². The van der Waals surface area contributed by atoms with Crippen molar-refractivity contribution in [2.24, 2.45) is 5.92 Å². The summed E-state index contributed by atoms with van der Waals surface area (Å²) in [5.41, 5.74) is 0. The summed E-state index contributed by atoms with van der Waals surface area (Å²) in [6.45, 7) is 1.22. The van der Waals surface area contributed by atoms with E-state index < -0.39 is 0 Å². The Morgan fingerprint density at radius 3 is 2.38 bits per heavy atom. The van der Waals surface area contributed by atoms with Crippen LogP contribution < -0.4 is 5.32 Å². The van der Waals surface area contributed by atoms with E-state index in [0.29, 0.717) is 11.4 Å². The molecule has 0 aliphatic heterocycles. The van der Waals surface area contributed by atoms with E-state index in [-0.39, 0.29) is 0 Å². The van der Waals surface area contributed by atoms with Crippen molar-refractivity contribution in [1.82, 2.24) is 5.32 Å². The van der Waals surface area contributed by atoms with Crippen molar-refractivity contribution in [2.75, 3.05) is 6.54 Å². The molecule has 0 heterocycles. The highest BCUT2D eigenvalue weighted by atomic mass is 35.5. The lowest BCUT2D eigenvalue weighted by molar-refractivity contribution is 0.272. The van der Waals surface area contributed by atoms with E-state index in [0.717, 1.165) is 5.92 Å². The maximum Gasteiger partial charge on any atom is 0.0489 e. The largest absolute Gasteiger partial charge is 0.312 e. The van der Waals surface area contributed by atoms with Crippen molar-refractivity contribution in [3.63, 3.8) is 0 Å². The second kappa shape index (κ2) is 4.65. The molecule has 2 aliphatic carbocycles. The van der Waals surface area contributed by atoms with E-state index in [1.54, 1.807) is 0 Å². The Kier molecular flexibility index (Phi) is 3.51. The van der Waals surface area contributed by atoms with Gasteiger partial charge in [0.2, 0.25) is 0 Å². The van der Waals surface area contributed by atoms with Gasteiger partial charge in [0, 0.05) is 11.4 Å². The summed E-state index contributed by atoms with van der Waals surface area (Å²) in [5.74, 6) is 0.964. The van der Waals surface area contributed by atoms with Crippen molar-refractivity contribution in [3.05, 3.63) is 0 Å². The molecule has 0 aromatic heterocycles. The van der Waals surface area contributed by atoms with Gasteiger partial charge in [0.15, 0.2) is 0 Å². The third-order valence-electron chi connectivity index (χ3n) is 3.58. The zero-order valence-corrected chi connectivity index (χ0v) is 9.02. The first-order valence-corrected chi connectivity index (χ1v) is 6.17. The second-order valence-electron chi connectivity index (χ2n) is 4.61. The Hall–Kier alpha value is 0.250. The molecule has 2 atom stereocenters. The van der Waals surface area contributed by atoms with Gasteiger partial charge in [-0.1, -0.05) is 19.3 Å². The number of alkyl halides is 1. The summed E-state index contributed by atoms with van der Waals surface area (Å²) in [6, 6.07) is 0.607. The fourth-order valence-electron chi connectivity index (χ4n) is 2.33. The van der Waals surface area contributed by atoms with Gasteiger partial charge in [-0.3, -0.25) is 0 Å². The molecule has 2 unspecified atom stereocenters. The van der Waals surface area contributed by atoms with Crippen LogP contribution in [0.5, 0.6) is 0 Å². The zero-order chi connectivity index (χ0) is 9.10. The van der Waals surface area contributed by atoms with Gasteiger partial charge < -0.3 is 5.32 Å². The molecule has 2 aliphatic rings. The molecule has 0 aromatic carbocycles. The molecular weight excluding hydrogens is 182 g/mol. The summed E-state index contributed by atoms with van der Waals surface area (Å²) in [5, 5.41) is 4.04. The van der Waals surface area contributed by atoms with Gasteiger partial charge in [0.25, 0.3) is 0 Å². The van der Waals surface area contributed by atoms with Crippen molar-refractivity contribution in [3.8, 4) is 0 Å². The zero-order valence-electron chi connectivity index (χ0n) is 8.27. The van der Waals surface area contributed by atoms with Crippen molar-refractivity contribution >= 4 is 11.6 Å². The fourth-order valence-corrected chi connectivity index (χ4v) is 2.70. The van der Waals surface area contributed by atoms with Gasteiger partial charge in [0.05, 0.1) is 0 Å². The van der Waals surface area contributed by atoms with E-state index in [1.807, 2.05) is 0 Å². The number of nitrogens with one attached hydrogen (secondary N) is 1. The van der Waals surface area contributed by atoms with Gasteiger partial charge in [-0.15, -0.1) is 11.6 Å². The molecule has 2 rings (SSSR count). The van der Waals surface area contributed by atoms with Gasteiger partial charge in [0.1, 0.15) is 0 Å². The van der Waals surface area contributed by atoms with Crippen LogP contribution in [-0.2, 0) is 0 Å². The third kappa shape index (κ3) is 2.60. The van der Waals surface area contributed by atoms with E-state index in [9.17, 15) is 0 Å². The maximum absolute atomic E-state index is 6.26. The molecule has 0 bridgehead atoms. The summed E-state index contributed by atoms with van der Waals surface area (Å²) in [7, 11) is 0. The number of hydrogen-bond acceptors (Lipinski definition) is 1. The van der Waals surface area contributed by atoms with Crippen LogP contribution in [0.1, 0.15) is 44.9 Å². The molecule has 0 radical (unpaired) electrons. The molecule has 13 heavy (non-hydrogen) atoms. The van der Waals surface area contributed by atoms with Crippen molar-refractivity contribution < 1.29 is 0 Å². The molecule has 0 aromatic rings. The first-order chi connectivity index (χ1) is 6.36. The molecule has 76 valence electrons. The summed E-state index contributed by atoms with van der Waals surface area (Å²) < 4.78 is 0. The minimum Gasteiger partial charge on any atom is -0.312 e. The third-order valence-corrected chi connectivity index (χ3v) is 4.10. The van der Waals surface area contributed by atoms with E-state index >= 15 is 0 Å². The maximum atomic E-state index is 6.26. The van der Waals surface area contributed by atoms with E-state index in [1.165, 1.54) is 51.5 Å². The molecule has 0 spiro atoms. The van der Waals surface area contributed by atoms with Gasteiger partial charge in [-0.05, 0) is 38.1 Å². The van der Waals surface area contributed by atoms with Crippen LogP contribution >= 0.6 is 11.6 Å². The Bertz CT molecular complexity index is 156. The molecule has 2 heteroatoms. The Morgan fingerprint density at radius 2 is 1.77 bits per heavy atom. The standard InChI is InChI=1S/C11H20ClN/c12-10-6-1-2-7-11(10)13-8-9-4-3-5-9/h9-11,13H,1-8H2. The van der Waals surface area contributed by atoms with Crippen LogP contribution in [-0.4, -0.2) is 18.0 Å². The second-order valence-corrected chi connectivity index (χ2v) is 5.17. The Labute approximate surface area is 86.2 Å². The van der Waals surface area contributed by atoms with Crippen molar-refractivity contribution in [1.29, 1.82) is 0 Å². The first-order valence-electron chi connectivity index (χ1n) is 5.74. The first kappa shape index (κ1) is 9.79. The van der Waals surface area contributed by atoms with Crippen LogP contribution in [0.25, 0.3) is 0 Å². The smallest absolute Gasteiger partial charge is 0.0489 e. The molecule has 1 N–H and O–H groups in total. The van der Waals surface area contributed by atoms with Crippen molar-refractivity contribution in [2.45, 2.75) is 56.4 Å². The monoisotopic (exact) mass is 201 g/mol. The lowest BCUT2D eigenvalue weighted by Crippen LogP contribution is -2.42. The molecule has 0 saturated heterocycles. The number of halogens is 1. The molecular formula is C11H20ClN.